The molecule has 1 heterocycles. The summed E-state index contributed by atoms with van der Waals surface area (Å²) < 4.78 is 0. The minimum absolute atomic E-state index is 1.14. The van der Waals surface area contributed by atoms with Crippen LogP contribution in [0.3, 0.4) is 0 Å². The zero-order valence-electron chi connectivity index (χ0n) is 7.86. The van der Waals surface area contributed by atoms with Crippen molar-refractivity contribution in [2.24, 2.45) is 0 Å². The van der Waals surface area contributed by atoms with Gasteiger partial charge in [0.1, 0.15) is 5.01 Å². The van der Waals surface area contributed by atoms with Crippen molar-refractivity contribution in [3.05, 3.63) is 40.9 Å². The van der Waals surface area contributed by atoms with E-state index in [0.29, 0.717) is 0 Å². The molecular formula is C12H11NS. The summed E-state index contributed by atoms with van der Waals surface area (Å²) in [6.45, 7) is 0. The van der Waals surface area contributed by atoms with Crippen LogP contribution in [-0.4, -0.2) is 4.98 Å². The summed E-state index contributed by atoms with van der Waals surface area (Å²) in [6.07, 6.45) is 5.69. The van der Waals surface area contributed by atoms with E-state index in [0.717, 1.165) is 5.01 Å². The van der Waals surface area contributed by atoms with Crippen LogP contribution in [0.5, 0.6) is 0 Å². The molecule has 14 heavy (non-hydrogen) atoms. The van der Waals surface area contributed by atoms with Gasteiger partial charge in [-0.3, -0.25) is 0 Å². The number of hydrogen-bond acceptors (Lipinski definition) is 2. The van der Waals surface area contributed by atoms with Crippen LogP contribution in [0, 0.1) is 0 Å². The first-order valence-electron chi connectivity index (χ1n) is 4.95. The lowest BCUT2D eigenvalue weighted by atomic mass is 10.1. The van der Waals surface area contributed by atoms with Crippen LogP contribution < -0.4 is 0 Å². The summed E-state index contributed by atoms with van der Waals surface area (Å²) in [5.41, 5.74) is 4.34. The molecule has 1 aromatic heterocycles. The molecule has 2 heteroatoms. The summed E-state index contributed by atoms with van der Waals surface area (Å²) >= 11 is 1.71. The summed E-state index contributed by atoms with van der Waals surface area (Å²) in [4.78, 5) is 4.33. The molecule has 0 N–H and O–H groups in total. The van der Waals surface area contributed by atoms with Gasteiger partial charge in [0.15, 0.2) is 0 Å². The van der Waals surface area contributed by atoms with Crippen LogP contribution in [0.4, 0.5) is 0 Å². The first-order valence-corrected chi connectivity index (χ1v) is 5.83. The third-order valence-corrected chi connectivity index (χ3v) is 3.60. The van der Waals surface area contributed by atoms with Crippen molar-refractivity contribution in [2.75, 3.05) is 0 Å². The van der Waals surface area contributed by atoms with Crippen LogP contribution >= 0.6 is 11.3 Å². The second-order valence-corrected chi connectivity index (χ2v) is 4.57. The maximum absolute atomic E-state index is 4.33. The van der Waals surface area contributed by atoms with Crippen molar-refractivity contribution < 1.29 is 0 Å². The van der Waals surface area contributed by atoms with Gasteiger partial charge in [0, 0.05) is 17.1 Å². The lowest BCUT2D eigenvalue weighted by Gasteiger charge is -2.01. The quantitative estimate of drug-likeness (QED) is 0.690. The fourth-order valence-electron chi connectivity index (χ4n) is 2.07. The third kappa shape index (κ3) is 1.26. The molecule has 1 aromatic carbocycles. The molecule has 0 spiro atoms. The second-order valence-electron chi connectivity index (χ2n) is 3.67. The molecule has 0 bridgehead atoms. The molecule has 0 atom stereocenters. The van der Waals surface area contributed by atoms with Gasteiger partial charge in [-0.15, -0.1) is 11.3 Å². The van der Waals surface area contributed by atoms with E-state index in [-0.39, 0.29) is 0 Å². The average molecular weight is 201 g/mol. The lowest BCUT2D eigenvalue weighted by molar-refractivity contribution is 0.912. The Kier molecular flexibility index (Phi) is 1.88. The molecule has 0 amide bonds. The predicted molar refractivity (Wildman–Crippen MR) is 59.6 cm³/mol. The number of rotatable bonds is 1. The van der Waals surface area contributed by atoms with Crippen molar-refractivity contribution >= 4 is 11.3 Å². The Morgan fingerprint density at radius 2 is 2.07 bits per heavy atom. The molecule has 1 aliphatic carbocycles. The molecule has 0 saturated carbocycles. The van der Waals surface area contributed by atoms with Crippen LogP contribution in [-0.2, 0) is 12.8 Å². The van der Waals surface area contributed by atoms with Gasteiger partial charge in [-0.1, -0.05) is 12.1 Å². The molecule has 1 nitrogen and oxygen atoms in total. The fraction of sp³-hybridized carbons (Fsp3) is 0.250. The summed E-state index contributed by atoms with van der Waals surface area (Å²) in [6, 6.07) is 6.77. The Balaban J connectivity index is 2.09. The third-order valence-electron chi connectivity index (χ3n) is 2.78. The summed E-state index contributed by atoms with van der Waals surface area (Å²) in [7, 11) is 0. The second kappa shape index (κ2) is 3.21. The highest BCUT2D eigenvalue weighted by atomic mass is 32.1. The lowest BCUT2D eigenvalue weighted by Crippen LogP contribution is -1.83. The zero-order valence-corrected chi connectivity index (χ0v) is 8.68. The van der Waals surface area contributed by atoms with E-state index in [1.165, 1.54) is 36.0 Å². The van der Waals surface area contributed by atoms with Gasteiger partial charge in [-0.05, 0) is 36.5 Å². The van der Waals surface area contributed by atoms with Crippen molar-refractivity contribution in [3.63, 3.8) is 0 Å². The van der Waals surface area contributed by atoms with Crippen molar-refractivity contribution in [3.8, 4) is 10.6 Å². The summed E-state index contributed by atoms with van der Waals surface area (Å²) in [5.74, 6) is 0. The van der Waals surface area contributed by atoms with Crippen LogP contribution in [0.25, 0.3) is 10.6 Å². The molecule has 2 aromatic rings. The van der Waals surface area contributed by atoms with Gasteiger partial charge in [-0.25, -0.2) is 4.98 Å². The Labute approximate surface area is 87.4 Å². The standard InChI is InChI=1S/C12H11NS/c1-2-9-4-5-11(8-10(9)3-1)12-13-6-7-14-12/h4-8H,1-3H2. The number of benzene rings is 1. The Morgan fingerprint density at radius 1 is 1.14 bits per heavy atom. The molecule has 0 aliphatic heterocycles. The number of hydrogen-bond donors (Lipinski definition) is 0. The normalized spacial score (nSPS) is 14.3. The van der Waals surface area contributed by atoms with E-state index in [9.17, 15) is 0 Å². The SMILES string of the molecule is c1csc(-c2ccc3c(c2)CCC3)n1. The van der Waals surface area contributed by atoms with Gasteiger partial charge >= 0.3 is 0 Å². The van der Waals surface area contributed by atoms with E-state index >= 15 is 0 Å². The number of aromatic nitrogens is 1. The largest absolute Gasteiger partial charge is 0.245 e. The van der Waals surface area contributed by atoms with Gasteiger partial charge in [-0.2, -0.15) is 0 Å². The first-order chi connectivity index (χ1) is 6.93. The van der Waals surface area contributed by atoms with Crippen molar-refractivity contribution in [1.29, 1.82) is 0 Å². The molecule has 0 radical (unpaired) electrons. The van der Waals surface area contributed by atoms with Crippen LogP contribution in [0.15, 0.2) is 29.8 Å². The first kappa shape index (κ1) is 8.18. The average Bonchev–Trinajstić information content (AvgIpc) is 2.88. The van der Waals surface area contributed by atoms with E-state index in [1.54, 1.807) is 11.3 Å². The summed E-state index contributed by atoms with van der Waals surface area (Å²) in [5, 5.41) is 3.17. The van der Waals surface area contributed by atoms with Crippen molar-refractivity contribution in [2.45, 2.75) is 19.3 Å². The number of aryl methyl sites for hydroxylation is 2. The molecule has 70 valence electrons. The molecule has 0 unspecified atom stereocenters. The Hall–Kier alpha value is -1.15. The molecule has 1 aliphatic rings. The Morgan fingerprint density at radius 3 is 2.93 bits per heavy atom. The highest BCUT2D eigenvalue weighted by Gasteiger charge is 2.11. The smallest absolute Gasteiger partial charge is 0.123 e. The number of fused-ring (bicyclic) bond motifs is 1. The predicted octanol–water partition coefficient (Wildman–Crippen LogP) is 3.30. The van der Waals surface area contributed by atoms with E-state index in [4.69, 9.17) is 0 Å². The molecule has 3 rings (SSSR count). The maximum atomic E-state index is 4.33. The van der Waals surface area contributed by atoms with Gasteiger partial charge in [0.2, 0.25) is 0 Å². The van der Waals surface area contributed by atoms with Gasteiger partial charge in [0.25, 0.3) is 0 Å². The maximum Gasteiger partial charge on any atom is 0.123 e. The topological polar surface area (TPSA) is 12.9 Å². The number of thiazole rings is 1. The van der Waals surface area contributed by atoms with Crippen LogP contribution in [0.1, 0.15) is 17.5 Å². The minimum atomic E-state index is 1.14. The molecular weight excluding hydrogens is 190 g/mol. The zero-order chi connectivity index (χ0) is 9.38. The molecule has 0 saturated heterocycles. The highest BCUT2D eigenvalue weighted by Crippen LogP contribution is 2.28. The monoisotopic (exact) mass is 201 g/mol. The Bertz CT molecular complexity index is 445. The molecule has 0 fully saturated rings. The van der Waals surface area contributed by atoms with E-state index in [1.807, 2.05) is 11.6 Å². The number of nitrogens with zero attached hydrogens (tertiary/aromatic N) is 1. The van der Waals surface area contributed by atoms with Gasteiger partial charge < -0.3 is 0 Å². The van der Waals surface area contributed by atoms with Crippen molar-refractivity contribution in [1.82, 2.24) is 4.98 Å². The van der Waals surface area contributed by atoms with Gasteiger partial charge in [0.05, 0.1) is 0 Å². The highest BCUT2D eigenvalue weighted by molar-refractivity contribution is 7.13. The minimum Gasteiger partial charge on any atom is -0.245 e. The fourth-order valence-corrected chi connectivity index (χ4v) is 2.71. The van der Waals surface area contributed by atoms with E-state index < -0.39 is 0 Å². The van der Waals surface area contributed by atoms with Crippen LogP contribution in [0.2, 0.25) is 0 Å². The van der Waals surface area contributed by atoms with E-state index in [2.05, 4.69) is 23.2 Å².